The third kappa shape index (κ3) is 3.97. The summed E-state index contributed by atoms with van der Waals surface area (Å²) in [6, 6.07) is 16.0. The summed E-state index contributed by atoms with van der Waals surface area (Å²) in [7, 11) is 1.65. The summed E-state index contributed by atoms with van der Waals surface area (Å²) in [4.78, 5) is 19.1. The van der Waals surface area contributed by atoms with Gasteiger partial charge >= 0.3 is 0 Å². The number of hydrogen-bond acceptors (Lipinski definition) is 3. The van der Waals surface area contributed by atoms with Crippen LogP contribution in [0.3, 0.4) is 0 Å². The molecule has 4 rings (SSSR count). The minimum atomic E-state index is 0.215. The number of rotatable bonds is 5. The molecule has 5 heteroatoms. The predicted octanol–water partition coefficient (Wildman–Crippen LogP) is 3.53. The SMILES string of the molecule is COc1ccc(CC(=O)N2CCC(Cn3cnc4ccccc43)CC2)cc1. The lowest BCUT2D eigenvalue weighted by molar-refractivity contribution is -0.131. The number of para-hydroxylation sites is 2. The van der Waals surface area contributed by atoms with Gasteiger partial charge in [-0.2, -0.15) is 0 Å². The minimum absolute atomic E-state index is 0.215. The van der Waals surface area contributed by atoms with Gasteiger partial charge in [0.15, 0.2) is 0 Å². The molecule has 1 aliphatic heterocycles. The van der Waals surface area contributed by atoms with Crippen molar-refractivity contribution in [1.29, 1.82) is 0 Å². The fourth-order valence-electron chi connectivity index (χ4n) is 3.83. The molecule has 2 aromatic carbocycles. The van der Waals surface area contributed by atoms with Crippen LogP contribution in [-0.2, 0) is 17.8 Å². The quantitative estimate of drug-likeness (QED) is 0.697. The van der Waals surface area contributed by atoms with Gasteiger partial charge in [-0.05, 0) is 48.6 Å². The van der Waals surface area contributed by atoms with Gasteiger partial charge in [-0.25, -0.2) is 4.98 Å². The second-order valence-electron chi connectivity index (χ2n) is 7.23. The maximum absolute atomic E-state index is 12.6. The zero-order chi connectivity index (χ0) is 18.6. The highest BCUT2D eigenvalue weighted by atomic mass is 16.5. The largest absolute Gasteiger partial charge is 0.497 e. The summed E-state index contributed by atoms with van der Waals surface area (Å²) in [5.41, 5.74) is 3.27. The number of nitrogens with zero attached hydrogens (tertiary/aromatic N) is 3. The Morgan fingerprint density at radius 1 is 1.11 bits per heavy atom. The molecule has 0 saturated carbocycles. The topological polar surface area (TPSA) is 47.4 Å². The number of piperidine rings is 1. The summed E-state index contributed by atoms with van der Waals surface area (Å²) >= 11 is 0. The van der Waals surface area contributed by atoms with Crippen molar-refractivity contribution in [2.75, 3.05) is 20.2 Å². The highest BCUT2D eigenvalue weighted by Gasteiger charge is 2.23. The van der Waals surface area contributed by atoms with Crippen LogP contribution in [0.4, 0.5) is 0 Å². The summed E-state index contributed by atoms with van der Waals surface area (Å²) in [5.74, 6) is 1.62. The molecule has 0 atom stereocenters. The Bertz CT molecular complexity index is 909. The third-order valence-corrected chi connectivity index (χ3v) is 5.46. The Hall–Kier alpha value is -2.82. The van der Waals surface area contributed by atoms with E-state index in [0.29, 0.717) is 12.3 Å². The van der Waals surface area contributed by atoms with Gasteiger partial charge in [-0.15, -0.1) is 0 Å². The number of carbonyl (C=O) groups excluding carboxylic acids is 1. The molecule has 5 nitrogen and oxygen atoms in total. The van der Waals surface area contributed by atoms with Crippen LogP contribution in [0, 0.1) is 5.92 Å². The lowest BCUT2D eigenvalue weighted by atomic mass is 9.96. The van der Waals surface area contributed by atoms with Crippen LogP contribution in [0.5, 0.6) is 5.75 Å². The Morgan fingerprint density at radius 3 is 2.59 bits per heavy atom. The summed E-state index contributed by atoms with van der Waals surface area (Å²) in [6.07, 6.45) is 4.48. The molecule has 1 amide bonds. The maximum Gasteiger partial charge on any atom is 0.226 e. The molecule has 1 aromatic heterocycles. The van der Waals surface area contributed by atoms with Gasteiger partial charge in [-0.3, -0.25) is 4.79 Å². The van der Waals surface area contributed by atoms with Crippen molar-refractivity contribution >= 4 is 16.9 Å². The molecule has 140 valence electrons. The average Bonchev–Trinajstić information content (AvgIpc) is 3.12. The Labute approximate surface area is 159 Å². The van der Waals surface area contributed by atoms with Crippen LogP contribution in [0.2, 0.25) is 0 Å². The molecule has 0 unspecified atom stereocenters. The normalized spacial score (nSPS) is 15.2. The molecule has 1 aliphatic rings. The van der Waals surface area contributed by atoms with Crippen molar-refractivity contribution in [2.24, 2.45) is 5.92 Å². The van der Waals surface area contributed by atoms with Crippen molar-refractivity contribution in [2.45, 2.75) is 25.8 Å². The van der Waals surface area contributed by atoms with Gasteiger partial charge in [0.05, 0.1) is 30.9 Å². The first-order valence-corrected chi connectivity index (χ1v) is 9.53. The zero-order valence-corrected chi connectivity index (χ0v) is 15.7. The van der Waals surface area contributed by atoms with E-state index in [1.807, 2.05) is 47.6 Å². The van der Waals surface area contributed by atoms with Gasteiger partial charge < -0.3 is 14.2 Å². The number of fused-ring (bicyclic) bond motifs is 1. The highest BCUT2D eigenvalue weighted by Crippen LogP contribution is 2.22. The van der Waals surface area contributed by atoms with Crippen molar-refractivity contribution < 1.29 is 9.53 Å². The smallest absolute Gasteiger partial charge is 0.226 e. The van der Waals surface area contributed by atoms with Crippen LogP contribution < -0.4 is 4.74 Å². The average molecular weight is 363 g/mol. The van der Waals surface area contributed by atoms with Crippen LogP contribution in [0.25, 0.3) is 11.0 Å². The first-order valence-electron chi connectivity index (χ1n) is 9.53. The molecule has 0 spiro atoms. The minimum Gasteiger partial charge on any atom is -0.497 e. The van der Waals surface area contributed by atoms with E-state index in [-0.39, 0.29) is 5.91 Å². The third-order valence-electron chi connectivity index (χ3n) is 5.46. The van der Waals surface area contributed by atoms with E-state index in [1.165, 1.54) is 5.52 Å². The van der Waals surface area contributed by atoms with Gasteiger partial charge in [0.2, 0.25) is 5.91 Å². The number of amides is 1. The molecule has 0 aliphatic carbocycles. The summed E-state index contributed by atoms with van der Waals surface area (Å²) in [5, 5.41) is 0. The molecule has 3 aromatic rings. The maximum atomic E-state index is 12.6. The highest BCUT2D eigenvalue weighted by molar-refractivity contribution is 5.79. The fourth-order valence-corrected chi connectivity index (χ4v) is 3.83. The second-order valence-corrected chi connectivity index (χ2v) is 7.23. The van der Waals surface area contributed by atoms with E-state index in [9.17, 15) is 4.79 Å². The zero-order valence-electron chi connectivity index (χ0n) is 15.7. The Balaban J connectivity index is 1.31. The van der Waals surface area contributed by atoms with Gasteiger partial charge in [-0.1, -0.05) is 24.3 Å². The number of methoxy groups -OCH3 is 1. The van der Waals surface area contributed by atoms with E-state index in [2.05, 4.69) is 21.7 Å². The molecular formula is C22H25N3O2. The van der Waals surface area contributed by atoms with Crippen LogP contribution in [0.1, 0.15) is 18.4 Å². The van der Waals surface area contributed by atoms with Gasteiger partial charge in [0.25, 0.3) is 0 Å². The number of likely N-dealkylation sites (tertiary alicyclic amines) is 1. The number of hydrogen-bond donors (Lipinski definition) is 0. The van der Waals surface area contributed by atoms with E-state index in [1.54, 1.807) is 7.11 Å². The number of imidazole rings is 1. The summed E-state index contributed by atoms with van der Waals surface area (Å²) < 4.78 is 7.42. The molecule has 27 heavy (non-hydrogen) atoms. The number of ether oxygens (including phenoxy) is 1. The number of carbonyl (C=O) groups is 1. The van der Waals surface area contributed by atoms with E-state index in [4.69, 9.17) is 4.74 Å². The van der Waals surface area contributed by atoms with Crippen molar-refractivity contribution in [3.05, 3.63) is 60.4 Å². The first-order chi connectivity index (χ1) is 13.2. The standard InChI is InChI=1S/C22H25N3O2/c1-27-19-8-6-17(7-9-19)14-22(26)24-12-10-18(11-13-24)15-25-16-23-20-4-2-3-5-21(20)25/h2-9,16,18H,10-15H2,1H3. The summed E-state index contributed by atoms with van der Waals surface area (Å²) in [6.45, 7) is 2.65. The van der Waals surface area contributed by atoms with Crippen LogP contribution in [-0.4, -0.2) is 40.6 Å². The van der Waals surface area contributed by atoms with Gasteiger partial charge in [0.1, 0.15) is 5.75 Å². The van der Waals surface area contributed by atoms with E-state index in [0.717, 1.165) is 49.3 Å². The molecular weight excluding hydrogens is 338 g/mol. The van der Waals surface area contributed by atoms with Crippen molar-refractivity contribution in [3.8, 4) is 5.75 Å². The fraction of sp³-hybridized carbons (Fsp3) is 0.364. The van der Waals surface area contributed by atoms with E-state index >= 15 is 0 Å². The lowest BCUT2D eigenvalue weighted by Crippen LogP contribution is -2.40. The molecule has 0 radical (unpaired) electrons. The first kappa shape index (κ1) is 17.6. The Morgan fingerprint density at radius 2 is 1.85 bits per heavy atom. The number of aromatic nitrogens is 2. The van der Waals surface area contributed by atoms with E-state index < -0.39 is 0 Å². The van der Waals surface area contributed by atoms with Gasteiger partial charge in [0, 0.05) is 19.6 Å². The number of benzene rings is 2. The second kappa shape index (κ2) is 7.82. The van der Waals surface area contributed by atoms with Crippen LogP contribution in [0.15, 0.2) is 54.9 Å². The van der Waals surface area contributed by atoms with Crippen LogP contribution >= 0.6 is 0 Å². The lowest BCUT2D eigenvalue weighted by Gasteiger charge is -2.32. The molecule has 1 saturated heterocycles. The monoisotopic (exact) mass is 363 g/mol. The van der Waals surface area contributed by atoms with Crippen molar-refractivity contribution in [3.63, 3.8) is 0 Å². The molecule has 0 N–H and O–H groups in total. The molecule has 2 heterocycles. The predicted molar refractivity (Wildman–Crippen MR) is 106 cm³/mol. The Kier molecular flexibility index (Phi) is 5.10. The molecule has 1 fully saturated rings. The van der Waals surface area contributed by atoms with Crippen molar-refractivity contribution in [1.82, 2.24) is 14.5 Å². The molecule has 0 bridgehead atoms.